The molecule has 0 bridgehead atoms. The maximum absolute atomic E-state index is 12.5. The Morgan fingerprint density at radius 3 is 0.826 bits per heavy atom. The van der Waals surface area contributed by atoms with Crippen LogP contribution in [0.1, 0.15) is 0 Å². The fourth-order valence-corrected chi connectivity index (χ4v) is 214. The molecule has 0 aliphatic rings. The van der Waals surface area contributed by atoms with Crippen molar-refractivity contribution in [2.75, 3.05) is 0 Å². The third-order valence-electron chi connectivity index (χ3n) is 4.48. The topological polar surface area (TPSA) is 326 Å². The van der Waals surface area contributed by atoms with Crippen molar-refractivity contribution in [2.24, 2.45) is 0 Å². The van der Waals surface area contributed by atoms with Gasteiger partial charge in [-0.05, 0) is 32.7 Å². The Morgan fingerprint density at radius 1 is 0.391 bits per heavy atom. The van der Waals surface area contributed by atoms with Crippen molar-refractivity contribution in [2.45, 2.75) is 32.7 Å². The first-order valence-electron chi connectivity index (χ1n) is 11.9. The normalized spacial score (nSPS) is 10.7. The minimum absolute atomic E-state index is 1.53. The highest BCUT2D eigenvalue weighted by atomic mass is 30.1. The monoisotopic (exact) mass is 986 g/mol. The van der Waals surface area contributed by atoms with Crippen molar-refractivity contribution in [1.82, 2.24) is 0 Å². The van der Waals surface area contributed by atoms with Gasteiger partial charge in [-0.25, -0.2) is 0 Å². The molecule has 0 aromatic rings. The summed E-state index contributed by atoms with van der Waals surface area (Å²) in [6.07, 6.45) is 0. The molecular formula is C5H18O20Si21. The Hall–Kier alpha value is 0.715. The van der Waals surface area contributed by atoms with Crippen molar-refractivity contribution < 1.29 is 88.5 Å². The summed E-state index contributed by atoms with van der Waals surface area (Å²) in [5.41, 5.74) is 0. The molecule has 0 spiro atoms. The summed E-state index contributed by atoms with van der Waals surface area (Å²) in [5, 5.41) is 0. The molecule has 0 aliphatic carbocycles. The number of hydrogen-bond donors (Lipinski definition) is 0. The van der Waals surface area contributed by atoms with Crippen LogP contribution in [0.4, 0.5) is 0 Å². The highest BCUT2D eigenvalue weighted by molar-refractivity contribution is 7.82. The van der Waals surface area contributed by atoms with Gasteiger partial charge in [0.2, 0.25) is 17.6 Å². The summed E-state index contributed by atoms with van der Waals surface area (Å²) in [6, 6.07) is 0. The molecule has 0 saturated carbocycles. The lowest BCUT2D eigenvalue weighted by atomic mass is 11.8. The fraction of sp³-hybridized carbons (Fsp3) is 1.00. The lowest BCUT2D eigenvalue weighted by Gasteiger charge is -2.16. The van der Waals surface area contributed by atoms with Gasteiger partial charge in [0, 0.05) is 0 Å². The van der Waals surface area contributed by atoms with Crippen LogP contribution < -0.4 is 0 Å². The van der Waals surface area contributed by atoms with E-state index in [-0.39, 0.29) is 0 Å². The van der Waals surface area contributed by atoms with Gasteiger partial charge in [0.1, 0.15) is 0 Å². The van der Waals surface area contributed by atoms with Gasteiger partial charge in [-0.3, -0.25) is 0 Å². The highest BCUT2D eigenvalue weighted by Crippen LogP contribution is 2.02. The zero-order valence-electron chi connectivity index (χ0n) is 23.9. The predicted octanol–water partition coefficient (Wildman–Crippen LogP) is -8.16. The maximum atomic E-state index is 12.5. The summed E-state index contributed by atoms with van der Waals surface area (Å²) in [7, 11) is -78.9. The van der Waals surface area contributed by atoms with E-state index in [1.807, 2.05) is 0 Å². The standard InChI is InChI=1S/C5H18O20Si21/c1-27(2)24-26-29(7)31(9)33(11)35(13)37(15)39(17)41(19)43(21)45(23)44(22)42(20)40(18)38(16)36(14)34(12)32(10)30(8)28(6)25-46(3,4)5/h27H,26H2,1-5H3. The number of rotatable bonds is 22. The van der Waals surface area contributed by atoms with Crippen LogP contribution in [0.3, 0.4) is 0 Å². The van der Waals surface area contributed by atoms with Gasteiger partial charge in [0.05, 0.1) is 0 Å². The van der Waals surface area contributed by atoms with E-state index in [0.29, 0.717) is 0 Å². The second-order valence-electron chi connectivity index (χ2n) is 9.55. The van der Waals surface area contributed by atoms with E-state index in [1.165, 1.54) is 19.6 Å². The van der Waals surface area contributed by atoms with Gasteiger partial charge in [-0.2, -0.15) is 0 Å². The maximum Gasteiger partial charge on any atom is 0.532 e. The Morgan fingerprint density at radius 2 is 0.609 bits per heavy atom. The molecule has 0 saturated heterocycles. The molecule has 0 fully saturated rings. The van der Waals surface area contributed by atoms with Gasteiger partial charge in [-0.1, -0.05) is 0 Å². The Kier molecular flexibility index (Phi) is 20.9. The quantitative estimate of drug-likeness (QED) is 0.0909. The van der Waals surface area contributed by atoms with E-state index in [1.54, 1.807) is 13.1 Å². The van der Waals surface area contributed by atoms with E-state index in [2.05, 4.69) is 0 Å². The minimum Gasteiger partial charge on any atom is -0.578 e. The molecular weight excluding hydrogens is 970 g/mol. The molecule has 242 valence electrons. The molecule has 0 atom stereocenters. The molecule has 41 heteroatoms. The van der Waals surface area contributed by atoms with Gasteiger partial charge in [-0.15, -0.1) is 0 Å². The average Bonchev–Trinajstić information content (AvgIpc) is 3.00. The van der Waals surface area contributed by atoms with Crippen LogP contribution in [-0.2, 0) is 88.5 Å². The third kappa shape index (κ3) is 13.8. The lowest BCUT2D eigenvalue weighted by molar-refractivity contribution is 0.462. The number of hydrogen-bond acceptors (Lipinski definition) is 20. The van der Waals surface area contributed by atoms with Crippen LogP contribution in [0.25, 0.3) is 0 Å². The van der Waals surface area contributed by atoms with Crippen LogP contribution in [-0.4, -0.2) is 166 Å². The molecule has 0 N–H and O–H groups in total. The van der Waals surface area contributed by atoms with E-state index in [0.717, 1.165) is 0 Å². The van der Waals surface area contributed by atoms with E-state index >= 15 is 0 Å². The zero-order chi connectivity index (χ0) is 36.6. The molecule has 0 unspecified atom stereocenters. The molecule has 0 heterocycles. The average molecular weight is 988 g/mol. The van der Waals surface area contributed by atoms with Crippen LogP contribution in [0.15, 0.2) is 0 Å². The van der Waals surface area contributed by atoms with Crippen LogP contribution in [0.5, 0.6) is 0 Å². The van der Waals surface area contributed by atoms with E-state index in [4.69, 9.17) is 8.23 Å². The van der Waals surface area contributed by atoms with Gasteiger partial charge in [0.25, 0.3) is 0 Å². The van der Waals surface area contributed by atoms with Crippen molar-refractivity contribution in [3.63, 3.8) is 0 Å². The van der Waals surface area contributed by atoms with E-state index in [9.17, 15) is 80.3 Å². The molecule has 0 rings (SSSR count). The third-order valence-corrected chi connectivity index (χ3v) is 150. The van der Waals surface area contributed by atoms with Crippen molar-refractivity contribution in [3.8, 4) is 0 Å². The second-order valence-corrected chi connectivity index (χ2v) is 106. The molecule has 0 aromatic carbocycles. The summed E-state index contributed by atoms with van der Waals surface area (Å²) >= 11 is 0. The van der Waals surface area contributed by atoms with Crippen molar-refractivity contribution in [1.29, 1.82) is 0 Å². The van der Waals surface area contributed by atoms with Crippen LogP contribution in [0.2, 0.25) is 32.7 Å². The van der Waals surface area contributed by atoms with E-state index < -0.39 is 166 Å². The largest absolute Gasteiger partial charge is 0.578 e. The smallest absolute Gasteiger partial charge is 0.532 e. The SMILES string of the molecule is C[SiH](C)O[SiH2][Si](=O)[Si](=O)[Si](=O)[Si](=O)[Si](=O)[Si](=O)[Si](=O)[Si](=O)[Si](=O)[Si](=O)[Si](=O)[Si](=O)[Si](=O)[Si](=O)[Si](=O)[Si](=O)[Si](=O)[Si](=O)O[Si](C)(C)C. The van der Waals surface area contributed by atoms with Crippen molar-refractivity contribution in [3.05, 3.63) is 0 Å². The molecule has 0 amide bonds. The molecule has 0 aliphatic heterocycles. The molecule has 0 aromatic heterocycles. The van der Waals surface area contributed by atoms with Gasteiger partial charge >= 0.3 is 140 Å². The Balaban J connectivity index is 5.63. The van der Waals surface area contributed by atoms with Crippen LogP contribution in [0, 0.1) is 0 Å². The van der Waals surface area contributed by atoms with Gasteiger partial charge < -0.3 is 88.5 Å². The summed E-state index contributed by atoms with van der Waals surface area (Å²) in [5.74, 6) is 0. The zero-order valence-corrected chi connectivity index (χ0v) is 45.5. The van der Waals surface area contributed by atoms with Gasteiger partial charge in [0.15, 0.2) is 9.04 Å². The first-order valence-corrected chi connectivity index (χ1v) is 63.2. The predicted molar refractivity (Wildman–Crippen MR) is 169 cm³/mol. The summed E-state index contributed by atoms with van der Waals surface area (Å²) < 4.78 is 233. The molecule has 20 nitrogen and oxygen atoms in total. The first kappa shape index (κ1) is 46.7. The Bertz CT molecular complexity index is 1640. The minimum atomic E-state index is -4.36. The van der Waals surface area contributed by atoms with Crippen LogP contribution >= 0.6 is 0 Å². The first-order chi connectivity index (χ1) is 20.8. The Labute approximate surface area is 285 Å². The summed E-state index contributed by atoms with van der Waals surface area (Å²) in [6.45, 7) is 8.00. The lowest BCUT2D eigenvalue weighted by Crippen LogP contribution is -2.56. The second kappa shape index (κ2) is 20.5. The molecule has 46 heavy (non-hydrogen) atoms. The molecule has 0 radical (unpaired) electrons. The fourth-order valence-electron chi connectivity index (χ4n) is 2.30. The summed E-state index contributed by atoms with van der Waals surface area (Å²) in [4.78, 5) is 0. The van der Waals surface area contributed by atoms with Crippen molar-refractivity contribution >= 4 is 166 Å². The highest BCUT2D eigenvalue weighted by Gasteiger charge is 2.56.